The van der Waals surface area contributed by atoms with E-state index < -0.39 is 5.82 Å². The summed E-state index contributed by atoms with van der Waals surface area (Å²) in [7, 11) is 0. The van der Waals surface area contributed by atoms with E-state index in [1.54, 1.807) is 12.1 Å². The third kappa shape index (κ3) is 5.44. The van der Waals surface area contributed by atoms with Crippen LogP contribution < -0.4 is 4.74 Å². The molecule has 0 unspecified atom stereocenters. The van der Waals surface area contributed by atoms with Gasteiger partial charge in [0.25, 0.3) is 0 Å². The first-order chi connectivity index (χ1) is 11.7. The van der Waals surface area contributed by atoms with Crippen molar-refractivity contribution in [2.75, 3.05) is 6.61 Å². The van der Waals surface area contributed by atoms with Crippen LogP contribution in [0.5, 0.6) is 5.75 Å². The second-order valence-corrected chi connectivity index (χ2v) is 5.21. The van der Waals surface area contributed by atoms with Crippen LogP contribution in [0.1, 0.15) is 37.0 Å². The molecule has 2 rings (SSSR count). The molecule has 2 heteroatoms. The van der Waals surface area contributed by atoms with Gasteiger partial charge in [-0.3, -0.25) is 0 Å². The number of hydrogen-bond donors (Lipinski definition) is 0. The molecule has 2 aromatic rings. The van der Waals surface area contributed by atoms with Gasteiger partial charge in [-0.1, -0.05) is 55.2 Å². The Morgan fingerprint density at radius 2 is 1.71 bits per heavy atom. The van der Waals surface area contributed by atoms with E-state index in [9.17, 15) is 4.39 Å². The van der Waals surface area contributed by atoms with Crippen LogP contribution >= 0.6 is 0 Å². The van der Waals surface area contributed by atoms with Gasteiger partial charge in [0.05, 0.1) is 0 Å². The first-order valence-electron chi connectivity index (χ1n) is 8.05. The minimum atomic E-state index is -0.397. The van der Waals surface area contributed by atoms with Crippen molar-refractivity contribution < 1.29 is 9.13 Å². The minimum Gasteiger partial charge on any atom is -0.486 e. The largest absolute Gasteiger partial charge is 0.486 e. The molecule has 0 saturated heterocycles. The molecule has 0 atom stereocenters. The minimum absolute atomic E-state index is 0.241. The average Bonchev–Trinajstić information content (AvgIpc) is 2.61. The first-order valence-corrected chi connectivity index (χ1v) is 8.05. The van der Waals surface area contributed by atoms with Gasteiger partial charge in [-0.05, 0) is 49.2 Å². The summed E-state index contributed by atoms with van der Waals surface area (Å²) in [6, 6.07) is 12.8. The number of allylic oxidation sites excluding steroid dienone is 2. The molecule has 0 bridgehead atoms. The van der Waals surface area contributed by atoms with E-state index in [2.05, 4.69) is 30.9 Å². The summed E-state index contributed by atoms with van der Waals surface area (Å²) in [5.41, 5.74) is 2.68. The van der Waals surface area contributed by atoms with E-state index in [-0.39, 0.29) is 5.75 Å². The lowest BCUT2D eigenvalue weighted by molar-refractivity contribution is 0.341. The van der Waals surface area contributed by atoms with Crippen LogP contribution in [0.2, 0.25) is 0 Å². The SMILES string of the molecule is CC=CCOc1ccc(C#Cc2ccc(/C=C/CC)cc2)cc1F. The van der Waals surface area contributed by atoms with Gasteiger partial charge in [0.1, 0.15) is 6.61 Å². The molecule has 0 fully saturated rings. The lowest BCUT2D eigenvalue weighted by atomic mass is 10.1. The summed E-state index contributed by atoms with van der Waals surface area (Å²) in [4.78, 5) is 0. The quantitative estimate of drug-likeness (QED) is 0.514. The standard InChI is InChI=1S/C22H21FO/c1-3-5-7-18-8-10-19(11-9-18)12-13-20-14-15-22(21(23)17-20)24-16-6-4-2/h4-11,14-15,17H,3,16H2,1-2H3/b6-4?,7-5+. The highest BCUT2D eigenvalue weighted by molar-refractivity contribution is 5.52. The van der Waals surface area contributed by atoms with Crippen molar-refractivity contribution in [3.8, 4) is 17.6 Å². The summed E-state index contributed by atoms with van der Waals surface area (Å²) in [5.74, 6) is 5.88. The van der Waals surface area contributed by atoms with Crippen molar-refractivity contribution in [1.29, 1.82) is 0 Å². The van der Waals surface area contributed by atoms with E-state index in [0.717, 1.165) is 17.5 Å². The van der Waals surface area contributed by atoms with Gasteiger partial charge in [-0.2, -0.15) is 0 Å². The topological polar surface area (TPSA) is 9.23 Å². The zero-order valence-electron chi connectivity index (χ0n) is 14.1. The third-order valence-electron chi connectivity index (χ3n) is 3.31. The molecule has 24 heavy (non-hydrogen) atoms. The highest BCUT2D eigenvalue weighted by atomic mass is 19.1. The monoisotopic (exact) mass is 320 g/mol. The molecule has 0 aliphatic rings. The van der Waals surface area contributed by atoms with Crippen LogP contribution in [-0.4, -0.2) is 6.61 Å². The Morgan fingerprint density at radius 3 is 2.38 bits per heavy atom. The van der Waals surface area contributed by atoms with Gasteiger partial charge in [0, 0.05) is 11.1 Å². The Kier molecular flexibility index (Phi) is 6.86. The summed E-state index contributed by atoms with van der Waals surface area (Å²) in [6.45, 7) is 4.36. The van der Waals surface area contributed by atoms with Crippen molar-refractivity contribution in [1.82, 2.24) is 0 Å². The Balaban J connectivity index is 2.07. The fraction of sp³-hybridized carbons (Fsp3) is 0.182. The number of rotatable bonds is 5. The van der Waals surface area contributed by atoms with Crippen LogP contribution in [0.3, 0.4) is 0 Å². The predicted molar refractivity (Wildman–Crippen MR) is 98.5 cm³/mol. The predicted octanol–water partition coefficient (Wildman–Crippen LogP) is 5.60. The Labute approximate surface area is 143 Å². The Morgan fingerprint density at radius 1 is 1.00 bits per heavy atom. The maximum Gasteiger partial charge on any atom is 0.166 e. The fourth-order valence-corrected chi connectivity index (χ4v) is 2.01. The van der Waals surface area contributed by atoms with Gasteiger partial charge in [0.2, 0.25) is 0 Å². The maximum absolute atomic E-state index is 13.9. The van der Waals surface area contributed by atoms with Crippen LogP contribution in [0.25, 0.3) is 6.08 Å². The molecule has 2 aromatic carbocycles. The summed E-state index contributed by atoms with van der Waals surface area (Å²) in [6.07, 6.45) is 8.90. The van der Waals surface area contributed by atoms with Crippen molar-refractivity contribution in [3.05, 3.63) is 83.2 Å². The van der Waals surface area contributed by atoms with E-state index in [4.69, 9.17) is 4.74 Å². The maximum atomic E-state index is 13.9. The molecule has 0 aliphatic heterocycles. The lowest BCUT2D eigenvalue weighted by Crippen LogP contribution is -1.96. The molecule has 0 N–H and O–H groups in total. The molecule has 0 heterocycles. The molecule has 0 spiro atoms. The molecular formula is C22H21FO. The van der Waals surface area contributed by atoms with Crippen LogP contribution in [0.15, 0.2) is 60.7 Å². The smallest absolute Gasteiger partial charge is 0.166 e. The van der Waals surface area contributed by atoms with Gasteiger partial charge < -0.3 is 4.74 Å². The number of halogens is 1. The zero-order valence-corrected chi connectivity index (χ0v) is 14.1. The van der Waals surface area contributed by atoms with Crippen molar-refractivity contribution in [2.24, 2.45) is 0 Å². The molecule has 0 saturated carbocycles. The zero-order chi connectivity index (χ0) is 17.2. The van der Waals surface area contributed by atoms with Crippen LogP contribution in [0, 0.1) is 17.7 Å². The third-order valence-corrected chi connectivity index (χ3v) is 3.31. The van der Waals surface area contributed by atoms with E-state index >= 15 is 0 Å². The Hall–Kier alpha value is -2.79. The highest BCUT2D eigenvalue weighted by Crippen LogP contribution is 2.18. The summed E-state index contributed by atoms with van der Waals surface area (Å²) in [5, 5.41) is 0. The molecule has 1 nitrogen and oxygen atoms in total. The van der Waals surface area contributed by atoms with Crippen molar-refractivity contribution >= 4 is 6.08 Å². The van der Waals surface area contributed by atoms with E-state index in [1.165, 1.54) is 6.07 Å². The number of hydrogen-bond acceptors (Lipinski definition) is 1. The van der Waals surface area contributed by atoms with Gasteiger partial charge in [-0.15, -0.1) is 0 Å². The summed E-state index contributed by atoms with van der Waals surface area (Å²) >= 11 is 0. The molecule has 0 aromatic heterocycles. The van der Waals surface area contributed by atoms with Gasteiger partial charge >= 0.3 is 0 Å². The van der Waals surface area contributed by atoms with E-state index in [0.29, 0.717) is 12.2 Å². The van der Waals surface area contributed by atoms with Gasteiger partial charge in [-0.25, -0.2) is 4.39 Å². The average molecular weight is 320 g/mol. The summed E-state index contributed by atoms with van der Waals surface area (Å²) < 4.78 is 19.3. The second-order valence-electron chi connectivity index (χ2n) is 5.21. The number of benzene rings is 2. The molecular weight excluding hydrogens is 299 g/mol. The van der Waals surface area contributed by atoms with Gasteiger partial charge in [0.15, 0.2) is 11.6 Å². The molecule has 0 amide bonds. The lowest BCUT2D eigenvalue weighted by Gasteiger charge is -2.04. The molecule has 0 aliphatic carbocycles. The Bertz CT molecular complexity index is 774. The van der Waals surface area contributed by atoms with Crippen LogP contribution in [-0.2, 0) is 0 Å². The molecule has 122 valence electrons. The fourth-order valence-electron chi connectivity index (χ4n) is 2.01. The number of ether oxygens (including phenoxy) is 1. The second kappa shape index (κ2) is 9.37. The van der Waals surface area contributed by atoms with E-state index in [1.807, 2.05) is 43.3 Å². The van der Waals surface area contributed by atoms with Crippen molar-refractivity contribution in [3.63, 3.8) is 0 Å². The normalized spacial score (nSPS) is 10.8. The molecule has 0 radical (unpaired) electrons. The first kappa shape index (κ1) is 17.6. The van der Waals surface area contributed by atoms with Crippen molar-refractivity contribution in [2.45, 2.75) is 20.3 Å². The van der Waals surface area contributed by atoms with Crippen LogP contribution in [0.4, 0.5) is 4.39 Å². The highest BCUT2D eigenvalue weighted by Gasteiger charge is 2.02.